The molecule has 1 aromatic heterocycles. The van der Waals surface area contributed by atoms with Gasteiger partial charge in [0.1, 0.15) is 5.82 Å². The number of imidazole rings is 1. The predicted octanol–water partition coefficient (Wildman–Crippen LogP) is 3.11. The molecule has 1 saturated heterocycles. The number of nitrogens with one attached hydrogen (secondary N) is 1. The number of unbranched alkanes of at least 4 members (excludes halogenated alkanes) is 1. The minimum absolute atomic E-state index is 0.318. The van der Waals surface area contributed by atoms with Crippen LogP contribution in [0.15, 0.2) is 12.1 Å². The second-order valence-corrected chi connectivity index (χ2v) is 6.63. The van der Waals surface area contributed by atoms with E-state index in [4.69, 9.17) is 14.5 Å². The molecule has 0 aliphatic carbocycles. The zero-order valence-corrected chi connectivity index (χ0v) is 13.8. The average Bonchev–Trinajstić information content (AvgIpc) is 3.16. The lowest BCUT2D eigenvalue weighted by Gasteiger charge is -2.24. The molecule has 4 rings (SSSR count). The van der Waals surface area contributed by atoms with E-state index in [9.17, 15) is 0 Å². The molecule has 2 aliphatic rings. The number of fused-ring (bicyclic) bond motifs is 2. The molecule has 124 valence electrons. The van der Waals surface area contributed by atoms with Gasteiger partial charge >= 0.3 is 0 Å². The van der Waals surface area contributed by atoms with Gasteiger partial charge in [-0.2, -0.15) is 0 Å². The Morgan fingerprint density at radius 3 is 2.78 bits per heavy atom. The summed E-state index contributed by atoms with van der Waals surface area (Å²) in [6.07, 6.45) is 5.92. The Balaban J connectivity index is 1.71. The number of benzene rings is 1. The monoisotopic (exact) mass is 315 g/mol. The molecule has 0 amide bonds. The Hall–Kier alpha value is -1.75. The highest BCUT2D eigenvalue weighted by atomic mass is 16.7. The number of rotatable bonds is 5. The van der Waals surface area contributed by atoms with Gasteiger partial charge in [-0.25, -0.2) is 4.98 Å². The van der Waals surface area contributed by atoms with Crippen LogP contribution in [-0.2, 0) is 13.0 Å². The maximum Gasteiger partial charge on any atom is 0.231 e. The van der Waals surface area contributed by atoms with Crippen molar-refractivity contribution in [3.05, 3.63) is 18.0 Å². The average molecular weight is 315 g/mol. The van der Waals surface area contributed by atoms with Gasteiger partial charge in [0.2, 0.25) is 6.79 Å². The highest BCUT2D eigenvalue weighted by Gasteiger charge is 2.21. The summed E-state index contributed by atoms with van der Waals surface area (Å²) >= 11 is 0. The van der Waals surface area contributed by atoms with Crippen LogP contribution in [0.2, 0.25) is 0 Å². The number of nitrogens with zero attached hydrogens (tertiary/aromatic N) is 2. The molecule has 5 nitrogen and oxygen atoms in total. The van der Waals surface area contributed by atoms with Crippen molar-refractivity contribution in [1.29, 1.82) is 0 Å². The Bertz CT molecular complexity index is 689. The summed E-state index contributed by atoms with van der Waals surface area (Å²) in [5, 5.41) is 3.45. The molecule has 3 heterocycles. The van der Waals surface area contributed by atoms with E-state index in [-0.39, 0.29) is 0 Å². The number of hydrogen-bond donors (Lipinski definition) is 1. The maximum absolute atomic E-state index is 5.57. The minimum atomic E-state index is 0.318. The van der Waals surface area contributed by atoms with Gasteiger partial charge in [-0.05, 0) is 38.3 Å². The van der Waals surface area contributed by atoms with Crippen LogP contribution in [0.3, 0.4) is 0 Å². The third-order valence-electron chi connectivity index (χ3n) is 4.98. The molecule has 0 saturated carbocycles. The molecule has 2 aromatic rings. The third-order valence-corrected chi connectivity index (χ3v) is 4.98. The molecule has 0 unspecified atom stereocenters. The van der Waals surface area contributed by atoms with Gasteiger partial charge in [0.05, 0.1) is 11.0 Å². The molecular weight excluding hydrogens is 290 g/mol. The lowest BCUT2D eigenvalue weighted by Crippen LogP contribution is -2.30. The molecule has 0 radical (unpaired) electrons. The van der Waals surface area contributed by atoms with E-state index in [1.807, 2.05) is 6.07 Å². The number of piperidine rings is 1. The normalized spacial score (nSPS) is 18.0. The lowest BCUT2D eigenvalue weighted by atomic mass is 9.98. The van der Waals surface area contributed by atoms with Crippen LogP contribution in [-0.4, -0.2) is 29.4 Å². The zero-order valence-electron chi connectivity index (χ0n) is 13.8. The number of aryl methyl sites for hydroxylation is 1. The van der Waals surface area contributed by atoms with E-state index in [0.717, 1.165) is 49.0 Å². The van der Waals surface area contributed by atoms with Crippen molar-refractivity contribution in [2.45, 2.75) is 45.6 Å². The molecule has 1 aromatic carbocycles. The highest BCUT2D eigenvalue weighted by Crippen LogP contribution is 2.36. The van der Waals surface area contributed by atoms with Crippen molar-refractivity contribution in [2.24, 2.45) is 5.92 Å². The fraction of sp³-hybridized carbons (Fsp3) is 0.611. The molecule has 1 N–H and O–H groups in total. The van der Waals surface area contributed by atoms with Crippen LogP contribution in [0.1, 0.15) is 38.4 Å². The van der Waals surface area contributed by atoms with Crippen molar-refractivity contribution >= 4 is 11.0 Å². The fourth-order valence-electron chi connectivity index (χ4n) is 3.62. The number of ether oxygens (including phenoxy) is 2. The van der Waals surface area contributed by atoms with Crippen LogP contribution >= 0.6 is 0 Å². The second-order valence-electron chi connectivity index (χ2n) is 6.63. The predicted molar refractivity (Wildman–Crippen MR) is 90.1 cm³/mol. The van der Waals surface area contributed by atoms with Gasteiger partial charge in [0.15, 0.2) is 11.5 Å². The van der Waals surface area contributed by atoms with E-state index in [1.165, 1.54) is 37.0 Å². The fourth-order valence-corrected chi connectivity index (χ4v) is 3.62. The maximum atomic E-state index is 5.57. The van der Waals surface area contributed by atoms with E-state index < -0.39 is 0 Å². The summed E-state index contributed by atoms with van der Waals surface area (Å²) in [7, 11) is 0. The second kappa shape index (κ2) is 6.40. The van der Waals surface area contributed by atoms with Crippen LogP contribution in [0.25, 0.3) is 11.0 Å². The first-order chi connectivity index (χ1) is 11.3. The van der Waals surface area contributed by atoms with Gasteiger partial charge in [-0.3, -0.25) is 0 Å². The zero-order chi connectivity index (χ0) is 15.6. The van der Waals surface area contributed by atoms with E-state index in [0.29, 0.717) is 6.79 Å². The Morgan fingerprint density at radius 2 is 2.00 bits per heavy atom. The number of aromatic nitrogens is 2. The quantitative estimate of drug-likeness (QED) is 0.921. The summed E-state index contributed by atoms with van der Waals surface area (Å²) in [6, 6.07) is 4.15. The molecule has 1 fully saturated rings. The SMILES string of the molecule is CCCCc1nc2cc3c(cc2n1CC1CCNCC1)OCO3. The largest absolute Gasteiger partial charge is 0.454 e. The van der Waals surface area contributed by atoms with E-state index >= 15 is 0 Å². The highest BCUT2D eigenvalue weighted by molar-refractivity contribution is 5.81. The lowest BCUT2D eigenvalue weighted by molar-refractivity contribution is 0.174. The van der Waals surface area contributed by atoms with Gasteiger partial charge in [-0.15, -0.1) is 0 Å². The summed E-state index contributed by atoms with van der Waals surface area (Å²) in [5.41, 5.74) is 2.23. The molecule has 23 heavy (non-hydrogen) atoms. The first-order valence-corrected chi connectivity index (χ1v) is 8.84. The Labute approximate surface area is 137 Å². The minimum Gasteiger partial charge on any atom is -0.454 e. The standard InChI is InChI=1S/C18H25N3O2/c1-2-3-4-18-20-14-9-16-17(23-12-22-16)10-15(14)21(18)11-13-5-7-19-8-6-13/h9-10,13,19H,2-8,11-12H2,1H3. The van der Waals surface area contributed by atoms with E-state index in [1.54, 1.807) is 0 Å². The van der Waals surface area contributed by atoms with E-state index in [2.05, 4.69) is 22.9 Å². The first kappa shape index (κ1) is 14.8. The third kappa shape index (κ3) is 2.90. The van der Waals surface area contributed by atoms with Gasteiger partial charge in [0.25, 0.3) is 0 Å². The topological polar surface area (TPSA) is 48.3 Å². The summed E-state index contributed by atoms with van der Waals surface area (Å²) < 4.78 is 13.5. The van der Waals surface area contributed by atoms with Crippen LogP contribution < -0.4 is 14.8 Å². The van der Waals surface area contributed by atoms with Crippen molar-refractivity contribution in [3.63, 3.8) is 0 Å². The van der Waals surface area contributed by atoms with Crippen molar-refractivity contribution in [1.82, 2.24) is 14.9 Å². The molecule has 0 bridgehead atoms. The van der Waals surface area contributed by atoms with Crippen LogP contribution in [0.4, 0.5) is 0 Å². The first-order valence-electron chi connectivity index (χ1n) is 8.84. The Kier molecular flexibility index (Phi) is 4.12. The summed E-state index contributed by atoms with van der Waals surface area (Å²) in [4.78, 5) is 4.90. The summed E-state index contributed by atoms with van der Waals surface area (Å²) in [5.74, 6) is 3.63. The van der Waals surface area contributed by atoms with Gasteiger partial charge < -0.3 is 19.4 Å². The van der Waals surface area contributed by atoms with Gasteiger partial charge in [-0.1, -0.05) is 13.3 Å². The molecule has 5 heteroatoms. The number of hydrogen-bond acceptors (Lipinski definition) is 4. The van der Waals surface area contributed by atoms with Crippen LogP contribution in [0, 0.1) is 5.92 Å². The molecule has 2 aliphatic heterocycles. The molecular formula is C18H25N3O2. The van der Waals surface area contributed by atoms with Crippen molar-refractivity contribution in [3.8, 4) is 11.5 Å². The van der Waals surface area contributed by atoms with Crippen molar-refractivity contribution in [2.75, 3.05) is 19.9 Å². The smallest absolute Gasteiger partial charge is 0.231 e. The molecule has 0 spiro atoms. The van der Waals surface area contributed by atoms with Gasteiger partial charge in [0, 0.05) is 25.1 Å². The molecule has 0 atom stereocenters. The summed E-state index contributed by atoms with van der Waals surface area (Å²) in [6.45, 7) is 5.88. The Morgan fingerprint density at radius 1 is 1.22 bits per heavy atom. The van der Waals surface area contributed by atoms with Crippen molar-refractivity contribution < 1.29 is 9.47 Å². The van der Waals surface area contributed by atoms with Crippen LogP contribution in [0.5, 0.6) is 11.5 Å².